The van der Waals surface area contributed by atoms with Crippen LogP contribution in [0.1, 0.15) is 5.56 Å². The van der Waals surface area contributed by atoms with Gasteiger partial charge in [-0.1, -0.05) is 30.3 Å². The number of nitrogens with two attached hydrogens (primary N) is 1. The average molecular weight is 187 g/mol. The van der Waals surface area contributed by atoms with E-state index in [9.17, 15) is 4.79 Å². The predicted molar refractivity (Wildman–Crippen MR) is 52.3 cm³/mol. The summed E-state index contributed by atoms with van der Waals surface area (Å²) in [5, 5.41) is 7.20. The van der Waals surface area contributed by atoms with Gasteiger partial charge in [-0.15, -0.1) is 10.2 Å². The lowest BCUT2D eigenvalue weighted by atomic mass is 10.0. The quantitative estimate of drug-likeness (QED) is 0.759. The molecule has 0 bridgehead atoms. The second-order valence-electron chi connectivity index (χ2n) is 2.90. The van der Waals surface area contributed by atoms with E-state index in [0.29, 0.717) is 11.3 Å². The van der Waals surface area contributed by atoms with Gasteiger partial charge in [0, 0.05) is 6.54 Å². The zero-order valence-corrected chi connectivity index (χ0v) is 7.47. The van der Waals surface area contributed by atoms with E-state index in [1.54, 1.807) is 0 Å². The lowest BCUT2D eigenvalue weighted by molar-refractivity contribution is -0.112. The number of rotatable bonds is 2. The number of benzene rings is 1. The SMILES string of the molecule is NCC1=C(c2ccccc2)C(=O)N=N1. The van der Waals surface area contributed by atoms with Crippen LogP contribution in [0.25, 0.3) is 5.57 Å². The van der Waals surface area contributed by atoms with E-state index in [4.69, 9.17) is 5.73 Å². The highest BCUT2D eigenvalue weighted by Gasteiger charge is 2.21. The summed E-state index contributed by atoms with van der Waals surface area (Å²) in [5.41, 5.74) is 7.36. The summed E-state index contributed by atoms with van der Waals surface area (Å²) in [7, 11) is 0. The fraction of sp³-hybridized carbons (Fsp3) is 0.100. The molecule has 2 N–H and O–H groups in total. The second-order valence-corrected chi connectivity index (χ2v) is 2.90. The van der Waals surface area contributed by atoms with Gasteiger partial charge in [-0.2, -0.15) is 0 Å². The van der Waals surface area contributed by atoms with Crippen molar-refractivity contribution in [1.29, 1.82) is 0 Å². The van der Waals surface area contributed by atoms with E-state index in [0.717, 1.165) is 5.56 Å². The molecule has 1 amide bonds. The van der Waals surface area contributed by atoms with E-state index >= 15 is 0 Å². The number of hydrogen-bond donors (Lipinski definition) is 1. The Morgan fingerprint density at radius 3 is 2.50 bits per heavy atom. The molecule has 0 aromatic heterocycles. The van der Waals surface area contributed by atoms with Crippen molar-refractivity contribution in [1.82, 2.24) is 0 Å². The fourth-order valence-corrected chi connectivity index (χ4v) is 1.37. The van der Waals surface area contributed by atoms with Gasteiger partial charge in [0.25, 0.3) is 5.91 Å². The van der Waals surface area contributed by atoms with Crippen molar-refractivity contribution in [3.8, 4) is 0 Å². The maximum Gasteiger partial charge on any atom is 0.297 e. The largest absolute Gasteiger partial charge is 0.325 e. The third kappa shape index (κ3) is 1.36. The summed E-state index contributed by atoms with van der Waals surface area (Å²) >= 11 is 0. The van der Waals surface area contributed by atoms with Gasteiger partial charge in [0.1, 0.15) is 0 Å². The third-order valence-corrected chi connectivity index (χ3v) is 2.02. The lowest BCUT2D eigenvalue weighted by Gasteiger charge is -2.00. The van der Waals surface area contributed by atoms with Gasteiger partial charge in [-0.25, -0.2) is 0 Å². The highest BCUT2D eigenvalue weighted by atomic mass is 16.2. The molecule has 0 spiro atoms. The summed E-state index contributed by atoms with van der Waals surface area (Å²) < 4.78 is 0. The minimum atomic E-state index is -0.309. The molecule has 1 aromatic carbocycles. The number of carbonyl (C=O) groups is 1. The molecule has 4 heteroatoms. The Hall–Kier alpha value is -1.81. The highest BCUT2D eigenvalue weighted by Crippen LogP contribution is 2.25. The van der Waals surface area contributed by atoms with E-state index in [1.807, 2.05) is 30.3 Å². The minimum Gasteiger partial charge on any atom is -0.325 e. The number of hydrogen-bond acceptors (Lipinski definition) is 3. The molecular formula is C10H9N3O. The van der Waals surface area contributed by atoms with E-state index in [1.165, 1.54) is 0 Å². The summed E-state index contributed by atoms with van der Waals surface area (Å²) in [6.07, 6.45) is 0. The molecule has 4 nitrogen and oxygen atoms in total. The van der Waals surface area contributed by atoms with Crippen molar-refractivity contribution in [3.05, 3.63) is 41.6 Å². The van der Waals surface area contributed by atoms with E-state index in [-0.39, 0.29) is 12.5 Å². The topological polar surface area (TPSA) is 67.8 Å². The Kier molecular flexibility index (Phi) is 2.20. The van der Waals surface area contributed by atoms with Crippen molar-refractivity contribution < 1.29 is 4.79 Å². The maximum absolute atomic E-state index is 11.4. The second kappa shape index (κ2) is 3.51. The monoisotopic (exact) mass is 187 g/mol. The first-order chi connectivity index (χ1) is 6.83. The Balaban J connectivity index is 2.49. The Morgan fingerprint density at radius 1 is 1.14 bits per heavy atom. The van der Waals surface area contributed by atoms with Crippen molar-refractivity contribution >= 4 is 11.5 Å². The van der Waals surface area contributed by atoms with Gasteiger partial charge in [0.15, 0.2) is 0 Å². The lowest BCUT2D eigenvalue weighted by Crippen LogP contribution is -2.04. The molecule has 70 valence electrons. The third-order valence-electron chi connectivity index (χ3n) is 2.02. The summed E-state index contributed by atoms with van der Waals surface area (Å²) in [6.45, 7) is 0.236. The van der Waals surface area contributed by atoms with Crippen molar-refractivity contribution in [2.75, 3.05) is 6.54 Å². The zero-order chi connectivity index (χ0) is 9.97. The molecule has 1 aliphatic heterocycles. The van der Waals surface area contributed by atoms with Crippen LogP contribution in [0, 0.1) is 0 Å². The normalized spacial score (nSPS) is 15.4. The van der Waals surface area contributed by atoms with Crippen LogP contribution in [-0.4, -0.2) is 12.5 Å². The zero-order valence-electron chi connectivity index (χ0n) is 7.47. The molecule has 1 heterocycles. The summed E-state index contributed by atoms with van der Waals surface area (Å²) in [4.78, 5) is 11.4. The molecule has 1 aliphatic rings. The van der Waals surface area contributed by atoms with Gasteiger partial charge in [0.2, 0.25) is 0 Å². The minimum absolute atomic E-state index is 0.236. The number of amides is 1. The molecule has 14 heavy (non-hydrogen) atoms. The first-order valence-electron chi connectivity index (χ1n) is 4.27. The van der Waals surface area contributed by atoms with Crippen molar-refractivity contribution in [3.63, 3.8) is 0 Å². The molecule has 2 rings (SSSR count). The van der Waals surface area contributed by atoms with Crippen LogP contribution in [0.3, 0.4) is 0 Å². The number of azo groups is 1. The molecule has 1 aromatic rings. The molecular weight excluding hydrogens is 178 g/mol. The van der Waals surface area contributed by atoms with Crippen molar-refractivity contribution in [2.45, 2.75) is 0 Å². The van der Waals surface area contributed by atoms with Crippen LogP contribution in [0.15, 0.2) is 46.3 Å². The van der Waals surface area contributed by atoms with Crippen LogP contribution in [-0.2, 0) is 4.79 Å². The Bertz CT molecular complexity index is 420. The van der Waals surface area contributed by atoms with Crippen LogP contribution < -0.4 is 5.73 Å². The number of nitrogens with zero attached hydrogens (tertiary/aromatic N) is 2. The van der Waals surface area contributed by atoms with E-state index < -0.39 is 0 Å². The molecule has 0 radical (unpaired) electrons. The van der Waals surface area contributed by atoms with E-state index in [2.05, 4.69) is 10.2 Å². The molecule has 0 unspecified atom stereocenters. The Labute approximate surface area is 81.1 Å². The van der Waals surface area contributed by atoms with Gasteiger partial charge >= 0.3 is 0 Å². The van der Waals surface area contributed by atoms with Gasteiger partial charge in [0.05, 0.1) is 11.3 Å². The molecule has 0 atom stereocenters. The molecule has 0 saturated heterocycles. The summed E-state index contributed by atoms with van der Waals surface area (Å²) in [5.74, 6) is -0.309. The van der Waals surface area contributed by atoms with Gasteiger partial charge < -0.3 is 5.73 Å². The molecule has 0 fully saturated rings. The van der Waals surface area contributed by atoms with Crippen LogP contribution in [0.4, 0.5) is 0 Å². The number of carbonyl (C=O) groups excluding carboxylic acids is 1. The Morgan fingerprint density at radius 2 is 1.86 bits per heavy atom. The smallest absolute Gasteiger partial charge is 0.297 e. The van der Waals surface area contributed by atoms with Gasteiger partial charge in [-0.05, 0) is 5.56 Å². The maximum atomic E-state index is 11.4. The van der Waals surface area contributed by atoms with Gasteiger partial charge in [-0.3, -0.25) is 4.79 Å². The van der Waals surface area contributed by atoms with Crippen LogP contribution >= 0.6 is 0 Å². The molecule has 0 saturated carbocycles. The summed E-state index contributed by atoms with van der Waals surface area (Å²) in [6, 6.07) is 9.31. The molecule has 0 aliphatic carbocycles. The first kappa shape index (κ1) is 8.77. The standard InChI is InChI=1S/C10H9N3O/c11-6-8-9(10(14)13-12-8)7-4-2-1-3-5-7/h1-5H,6,11H2. The van der Waals surface area contributed by atoms with Crippen LogP contribution in [0.2, 0.25) is 0 Å². The highest BCUT2D eigenvalue weighted by molar-refractivity contribution is 6.22. The van der Waals surface area contributed by atoms with Crippen LogP contribution in [0.5, 0.6) is 0 Å². The average Bonchev–Trinajstić information content (AvgIpc) is 2.61. The fourth-order valence-electron chi connectivity index (χ4n) is 1.37. The van der Waals surface area contributed by atoms with Crippen molar-refractivity contribution in [2.24, 2.45) is 16.0 Å². The predicted octanol–water partition coefficient (Wildman–Crippen LogP) is 1.35. The first-order valence-corrected chi connectivity index (χ1v) is 4.27.